The molecule has 136 valence electrons. The van der Waals surface area contributed by atoms with Crippen LogP contribution in [0.4, 0.5) is 0 Å². The van der Waals surface area contributed by atoms with E-state index < -0.39 is 23.4 Å². The Hall–Kier alpha value is -0.960. The lowest BCUT2D eigenvalue weighted by atomic mass is 10.0. The average molecular weight is 375 g/mol. The molecule has 0 saturated carbocycles. The molecule has 0 aliphatic carbocycles. The van der Waals surface area contributed by atoms with E-state index >= 15 is 0 Å². The number of aliphatic hydroxyl groups is 1. The Labute approximate surface area is 150 Å². The molecule has 0 unspecified atom stereocenters. The van der Waals surface area contributed by atoms with Gasteiger partial charge in [-0.25, -0.2) is 9.78 Å². The number of aromatic nitrogens is 1. The van der Waals surface area contributed by atoms with E-state index in [0.717, 1.165) is 12.8 Å². The van der Waals surface area contributed by atoms with Gasteiger partial charge >= 0.3 is 5.97 Å². The first-order valence-electron chi connectivity index (χ1n) is 8.15. The zero-order chi connectivity index (χ0) is 18.1. The summed E-state index contributed by atoms with van der Waals surface area (Å²) in [4.78, 5) is 15.8. The second-order valence-corrected chi connectivity index (χ2v) is 7.75. The Morgan fingerprint density at radius 3 is 2.79 bits per heavy atom. The molecule has 0 aromatic carbocycles. The van der Waals surface area contributed by atoms with Crippen LogP contribution >= 0.6 is 11.3 Å². The lowest BCUT2D eigenvalue weighted by molar-refractivity contribution is 0.0519. The molecule has 1 heterocycles. The lowest BCUT2D eigenvalue weighted by Gasteiger charge is -2.13. The summed E-state index contributed by atoms with van der Waals surface area (Å²) in [7, 11) is 0. The Morgan fingerprint density at radius 1 is 1.50 bits per heavy atom. The normalized spacial score (nSPS) is 14.7. The van der Waals surface area contributed by atoms with Gasteiger partial charge in [-0.2, -0.15) is 0 Å². The lowest BCUT2D eigenvalue weighted by Crippen LogP contribution is -2.16. The highest BCUT2D eigenvalue weighted by Gasteiger charge is 2.21. The predicted octanol–water partition coefficient (Wildman–Crippen LogP) is 3.30. The summed E-state index contributed by atoms with van der Waals surface area (Å²) in [5.41, 5.74) is 0.898. The molecule has 0 spiro atoms. The van der Waals surface area contributed by atoms with Gasteiger partial charge in [0.25, 0.3) is 0 Å². The number of carbonyl (C=O) groups excluding carboxylic acids is 1. The van der Waals surface area contributed by atoms with Gasteiger partial charge in [-0.1, -0.05) is 31.6 Å². The Kier molecular flexibility index (Phi) is 9.50. The fourth-order valence-electron chi connectivity index (χ4n) is 1.85. The van der Waals surface area contributed by atoms with Crippen molar-refractivity contribution in [1.82, 2.24) is 4.98 Å². The Balaban J connectivity index is 2.76. The van der Waals surface area contributed by atoms with Gasteiger partial charge in [0.15, 0.2) is 5.69 Å². The fourth-order valence-corrected chi connectivity index (χ4v) is 3.79. The number of hydrogen-bond acceptors (Lipinski definition) is 7. The van der Waals surface area contributed by atoms with Gasteiger partial charge in [-0.15, -0.1) is 11.3 Å². The molecular formula is C16H26N2O4S2. The van der Waals surface area contributed by atoms with Gasteiger partial charge in [-0.05, 0) is 19.3 Å². The molecular weight excluding hydrogens is 348 g/mol. The highest BCUT2D eigenvalue weighted by atomic mass is 32.2. The van der Waals surface area contributed by atoms with Gasteiger partial charge in [0.1, 0.15) is 16.9 Å². The van der Waals surface area contributed by atoms with E-state index in [4.69, 9.17) is 4.74 Å². The highest BCUT2D eigenvalue weighted by Crippen LogP contribution is 2.24. The minimum atomic E-state index is -1.26. The first kappa shape index (κ1) is 21.1. The summed E-state index contributed by atoms with van der Waals surface area (Å²) in [5.74, 6) is 0.118. The molecule has 1 N–H and O–H groups in total. The number of rotatable bonds is 10. The summed E-state index contributed by atoms with van der Waals surface area (Å²) in [6.07, 6.45) is 1.21. The van der Waals surface area contributed by atoms with Crippen LogP contribution in [-0.2, 0) is 16.1 Å². The summed E-state index contributed by atoms with van der Waals surface area (Å²) < 4.78 is 21.1. The van der Waals surface area contributed by atoms with Crippen LogP contribution in [0.3, 0.4) is 0 Å². The zero-order valence-corrected chi connectivity index (χ0v) is 16.3. The summed E-state index contributed by atoms with van der Waals surface area (Å²) >= 11 is -0.0570. The van der Waals surface area contributed by atoms with E-state index in [1.165, 1.54) is 11.3 Å². The van der Waals surface area contributed by atoms with Crippen molar-refractivity contribution >= 4 is 34.4 Å². The number of hydrogen-bond donors (Lipinski definition) is 1. The van der Waals surface area contributed by atoms with Crippen LogP contribution in [0, 0.1) is 5.92 Å². The molecule has 8 heteroatoms. The summed E-state index contributed by atoms with van der Waals surface area (Å²) in [5, 5.41) is 12.4. The van der Waals surface area contributed by atoms with Crippen LogP contribution in [0.1, 0.15) is 68.6 Å². The second-order valence-electron chi connectivity index (χ2n) is 5.63. The molecule has 6 nitrogen and oxygen atoms in total. The SMILES string of the molecule is CCCC[S@+]([O-])/N=C(\C[C@@H](O)c1nc(C(=O)OCC)cs1)C(C)C. The number of carbonyl (C=O) groups is 1. The number of thiazole rings is 1. The quantitative estimate of drug-likeness (QED) is 0.385. The van der Waals surface area contributed by atoms with Gasteiger partial charge < -0.3 is 14.4 Å². The van der Waals surface area contributed by atoms with Gasteiger partial charge in [0.05, 0.1) is 23.7 Å². The van der Waals surface area contributed by atoms with Crippen molar-refractivity contribution in [3.05, 3.63) is 16.1 Å². The topological polar surface area (TPSA) is 94.8 Å². The number of aliphatic hydroxyl groups excluding tert-OH is 1. The van der Waals surface area contributed by atoms with Crippen LogP contribution in [0.25, 0.3) is 0 Å². The van der Waals surface area contributed by atoms with E-state index in [2.05, 4.69) is 9.38 Å². The molecule has 0 radical (unpaired) electrons. The van der Waals surface area contributed by atoms with Crippen molar-refractivity contribution in [2.75, 3.05) is 12.4 Å². The first-order valence-corrected chi connectivity index (χ1v) is 10.3. The van der Waals surface area contributed by atoms with Crippen LogP contribution in [0.15, 0.2) is 9.78 Å². The average Bonchev–Trinajstić information content (AvgIpc) is 3.02. The minimum absolute atomic E-state index is 0.0784. The minimum Gasteiger partial charge on any atom is -0.591 e. The molecule has 0 saturated heterocycles. The van der Waals surface area contributed by atoms with Crippen molar-refractivity contribution in [1.29, 1.82) is 0 Å². The highest BCUT2D eigenvalue weighted by molar-refractivity contribution is 7.90. The van der Waals surface area contributed by atoms with Gasteiger partial charge in [-0.3, -0.25) is 0 Å². The molecule has 1 aromatic rings. The molecule has 0 bridgehead atoms. The van der Waals surface area contributed by atoms with Crippen molar-refractivity contribution in [3.63, 3.8) is 0 Å². The maximum absolute atomic E-state index is 12.0. The third kappa shape index (κ3) is 6.88. The molecule has 1 aromatic heterocycles. The molecule has 24 heavy (non-hydrogen) atoms. The third-order valence-corrected chi connectivity index (χ3v) is 5.27. The number of nitrogens with zero attached hydrogens (tertiary/aromatic N) is 2. The van der Waals surface area contributed by atoms with Crippen LogP contribution in [0.5, 0.6) is 0 Å². The van der Waals surface area contributed by atoms with Crippen molar-refractivity contribution in [2.45, 2.75) is 53.1 Å². The molecule has 1 rings (SSSR count). The number of ether oxygens (including phenoxy) is 1. The summed E-state index contributed by atoms with van der Waals surface area (Å²) in [6.45, 7) is 7.95. The van der Waals surface area contributed by atoms with Gasteiger partial charge in [0.2, 0.25) is 0 Å². The maximum Gasteiger partial charge on any atom is 0.357 e. The predicted molar refractivity (Wildman–Crippen MR) is 97.8 cm³/mol. The van der Waals surface area contributed by atoms with Crippen molar-refractivity contribution in [2.24, 2.45) is 10.3 Å². The second kappa shape index (κ2) is 10.8. The zero-order valence-electron chi connectivity index (χ0n) is 14.7. The molecule has 0 aliphatic rings. The van der Waals surface area contributed by atoms with E-state index in [-0.39, 0.29) is 24.6 Å². The molecule has 2 atom stereocenters. The standard InChI is InChI=1S/C16H26N2O4S2/c1-5-7-8-24(21)18-12(11(3)4)9-14(19)15-17-13(10-23-15)16(20)22-6-2/h10-11,14,19H,5-9H2,1-4H3/b18-12+/t14-,24+/m1/s1. The smallest absolute Gasteiger partial charge is 0.357 e. The van der Waals surface area contributed by atoms with Gasteiger partial charge in [0, 0.05) is 11.8 Å². The largest absolute Gasteiger partial charge is 0.591 e. The van der Waals surface area contributed by atoms with E-state index in [0.29, 0.717) is 16.5 Å². The van der Waals surface area contributed by atoms with E-state index in [9.17, 15) is 14.5 Å². The first-order chi connectivity index (χ1) is 11.4. The number of unbranched alkanes of at least 4 members (excludes halogenated alkanes) is 1. The Morgan fingerprint density at radius 2 is 2.21 bits per heavy atom. The maximum atomic E-state index is 12.0. The van der Waals surface area contributed by atoms with E-state index in [1.54, 1.807) is 12.3 Å². The Bertz CT molecular complexity index is 546. The molecule has 0 fully saturated rings. The van der Waals surface area contributed by atoms with Crippen LogP contribution < -0.4 is 0 Å². The fraction of sp³-hybridized carbons (Fsp3) is 0.688. The van der Waals surface area contributed by atoms with Crippen LogP contribution in [-0.4, -0.2) is 38.7 Å². The third-order valence-electron chi connectivity index (χ3n) is 3.25. The monoisotopic (exact) mass is 374 g/mol. The number of esters is 1. The molecule has 0 amide bonds. The van der Waals surface area contributed by atoms with Crippen LogP contribution in [0.2, 0.25) is 0 Å². The molecule has 0 aliphatic heterocycles. The summed E-state index contributed by atoms with van der Waals surface area (Å²) in [6, 6.07) is 0. The van der Waals surface area contributed by atoms with E-state index in [1.807, 2.05) is 20.8 Å². The van der Waals surface area contributed by atoms with Crippen molar-refractivity contribution < 1.29 is 19.2 Å². The van der Waals surface area contributed by atoms with Crippen molar-refractivity contribution in [3.8, 4) is 0 Å².